The number of hydrogen-bond acceptors (Lipinski definition) is 1. The number of halogens is 1. The molecule has 3 heteroatoms. The number of Topliss-reactive ketones (excluding diaryl/α,β-unsaturated/α-hetero) is 1. The van der Waals surface area contributed by atoms with E-state index in [4.69, 9.17) is 0 Å². The summed E-state index contributed by atoms with van der Waals surface area (Å²) in [7, 11) is -1.20. The van der Waals surface area contributed by atoms with Crippen LogP contribution >= 0.6 is 22.6 Å². The van der Waals surface area contributed by atoms with Gasteiger partial charge in [-0.1, -0.05) is 42.2 Å². The molecule has 0 saturated heterocycles. The molecule has 2 atom stereocenters. The van der Waals surface area contributed by atoms with E-state index in [0.29, 0.717) is 11.7 Å². The van der Waals surface area contributed by atoms with Gasteiger partial charge in [-0.3, -0.25) is 4.79 Å². The third-order valence-corrected chi connectivity index (χ3v) is 5.46. The number of rotatable bonds is 2. The summed E-state index contributed by atoms with van der Waals surface area (Å²) in [5.74, 6) is 4.34. The van der Waals surface area contributed by atoms with Crippen LogP contribution in [0.2, 0.25) is 19.6 Å². The smallest absolute Gasteiger partial charge is 0.145 e. The summed E-state index contributed by atoms with van der Waals surface area (Å²) < 4.78 is 0.250. The lowest BCUT2D eigenvalue weighted by atomic mass is 9.85. The molecule has 90 valence electrons. The summed E-state index contributed by atoms with van der Waals surface area (Å²) in [6.07, 6.45) is 5.18. The van der Waals surface area contributed by atoms with Crippen molar-refractivity contribution < 1.29 is 4.79 Å². The van der Waals surface area contributed by atoms with E-state index in [1.165, 1.54) is 6.42 Å². The molecule has 16 heavy (non-hydrogen) atoms. The van der Waals surface area contributed by atoms with Crippen molar-refractivity contribution in [2.75, 3.05) is 0 Å². The lowest BCUT2D eigenvalue weighted by molar-refractivity contribution is -0.120. The summed E-state index contributed by atoms with van der Waals surface area (Å²) in [4.78, 5) is 11.6. The van der Waals surface area contributed by atoms with Crippen molar-refractivity contribution in [3.8, 4) is 11.5 Å². The monoisotopic (exact) mass is 348 g/mol. The van der Waals surface area contributed by atoms with Crippen LogP contribution in [0, 0.1) is 17.4 Å². The Bertz CT molecular complexity index is 308. The van der Waals surface area contributed by atoms with Gasteiger partial charge in [-0.2, -0.15) is 0 Å². The zero-order valence-corrected chi connectivity index (χ0v) is 13.6. The van der Waals surface area contributed by atoms with Gasteiger partial charge in [0.1, 0.15) is 13.9 Å². The average Bonchev–Trinajstić information content (AvgIpc) is 2.17. The van der Waals surface area contributed by atoms with E-state index in [0.717, 1.165) is 25.7 Å². The number of alkyl halides is 1. The summed E-state index contributed by atoms with van der Waals surface area (Å²) >= 11 is 2.32. The SMILES string of the molecule is C[Si](C)(C)C#CCC[C@@H]1CCCC(=O)[C@@H]1I. The Morgan fingerprint density at radius 3 is 2.75 bits per heavy atom. The summed E-state index contributed by atoms with van der Waals surface area (Å²) in [6.45, 7) is 6.81. The van der Waals surface area contributed by atoms with E-state index in [9.17, 15) is 4.79 Å². The topological polar surface area (TPSA) is 17.1 Å². The predicted octanol–water partition coefficient (Wildman–Crippen LogP) is 3.82. The number of hydrogen-bond donors (Lipinski definition) is 0. The Kier molecular flexibility index (Phi) is 5.52. The Hall–Kier alpha value is 0.177. The first-order chi connectivity index (χ1) is 7.40. The Morgan fingerprint density at radius 1 is 1.44 bits per heavy atom. The molecule has 0 radical (unpaired) electrons. The molecule has 1 saturated carbocycles. The second kappa shape index (κ2) is 6.20. The summed E-state index contributed by atoms with van der Waals surface area (Å²) in [5.41, 5.74) is 3.39. The molecule has 0 heterocycles. The predicted molar refractivity (Wildman–Crippen MR) is 80.5 cm³/mol. The lowest BCUT2D eigenvalue weighted by Crippen LogP contribution is -2.28. The van der Waals surface area contributed by atoms with Gasteiger partial charge in [0.25, 0.3) is 0 Å². The maximum Gasteiger partial charge on any atom is 0.145 e. The first-order valence-electron chi connectivity index (χ1n) is 6.07. The molecule has 0 bridgehead atoms. The maximum absolute atomic E-state index is 11.6. The second-order valence-corrected chi connectivity index (χ2v) is 11.7. The molecule has 0 amide bonds. The van der Waals surface area contributed by atoms with Crippen LogP contribution in [0.25, 0.3) is 0 Å². The Labute approximate surface area is 114 Å². The van der Waals surface area contributed by atoms with Crippen LogP contribution in [-0.2, 0) is 4.79 Å². The first-order valence-corrected chi connectivity index (χ1v) is 10.8. The number of carbonyl (C=O) groups is 1. The third-order valence-electron chi connectivity index (χ3n) is 2.82. The van der Waals surface area contributed by atoms with E-state index >= 15 is 0 Å². The lowest BCUT2D eigenvalue weighted by Gasteiger charge is -2.25. The highest BCUT2D eigenvalue weighted by atomic mass is 127. The van der Waals surface area contributed by atoms with Crippen LogP contribution in [0.4, 0.5) is 0 Å². The van der Waals surface area contributed by atoms with Crippen LogP contribution in [-0.4, -0.2) is 17.8 Å². The van der Waals surface area contributed by atoms with Crippen molar-refractivity contribution in [1.29, 1.82) is 0 Å². The molecule has 1 nitrogen and oxygen atoms in total. The fourth-order valence-corrected chi connectivity index (χ4v) is 3.65. The minimum Gasteiger partial charge on any atom is -0.299 e. The molecule has 0 spiro atoms. The molecule has 1 rings (SSSR count). The maximum atomic E-state index is 11.6. The van der Waals surface area contributed by atoms with Crippen LogP contribution in [0.1, 0.15) is 32.1 Å². The molecule has 1 aliphatic carbocycles. The normalized spacial score (nSPS) is 26.1. The second-order valence-electron chi connectivity index (χ2n) is 5.61. The van der Waals surface area contributed by atoms with Crippen LogP contribution in [0.5, 0.6) is 0 Å². The molecular formula is C13H21IOSi. The minimum absolute atomic E-state index is 0.250. The minimum atomic E-state index is -1.20. The van der Waals surface area contributed by atoms with Gasteiger partial charge >= 0.3 is 0 Å². The molecule has 0 aliphatic heterocycles. The van der Waals surface area contributed by atoms with Gasteiger partial charge in [0.15, 0.2) is 0 Å². The van der Waals surface area contributed by atoms with Gasteiger partial charge < -0.3 is 0 Å². The van der Waals surface area contributed by atoms with Crippen molar-refractivity contribution in [3.05, 3.63) is 0 Å². The molecule has 0 aromatic heterocycles. The highest BCUT2D eigenvalue weighted by molar-refractivity contribution is 14.1. The van der Waals surface area contributed by atoms with E-state index in [2.05, 4.69) is 53.7 Å². The standard InChI is InChI=1S/C13H21IOSi/c1-16(2,3)10-5-4-7-11-8-6-9-12(15)13(11)14/h11,13H,4,6-9H2,1-3H3/t11-,13-/m1/s1. The molecule has 0 aromatic carbocycles. The summed E-state index contributed by atoms with van der Waals surface area (Å²) in [5, 5.41) is 0. The van der Waals surface area contributed by atoms with Gasteiger partial charge in [0, 0.05) is 12.8 Å². The van der Waals surface area contributed by atoms with Crippen molar-refractivity contribution in [2.45, 2.75) is 55.7 Å². The number of ketones is 1. The third kappa shape index (κ3) is 5.01. The zero-order valence-electron chi connectivity index (χ0n) is 10.5. The average molecular weight is 348 g/mol. The van der Waals surface area contributed by atoms with E-state index in [-0.39, 0.29) is 3.92 Å². The Balaban J connectivity index is 2.37. The molecule has 0 unspecified atom stereocenters. The van der Waals surface area contributed by atoms with Crippen LogP contribution in [0.15, 0.2) is 0 Å². The fraction of sp³-hybridized carbons (Fsp3) is 0.769. The van der Waals surface area contributed by atoms with Gasteiger partial charge in [-0.25, -0.2) is 0 Å². The van der Waals surface area contributed by atoms with Crippen LogP contribution in [0.3, 0.4) is 0 Å². The molecule has 0 N–H and O–H groups in total. The molecular weight excluding hydrogens is 327 g/mol. The highest BCUT2D eigenvalue weighted by Gasteiger charge is 2.28. The Morgan fingerprint density at radius 2 is 2.12 bits per heavy atom. The molecule has 1 aliphatic rings. The molecule has 0 aromatic rings. The molecule has 1 fully saturated rings. The summed E-state index contributed by atoms with van der Waals surface area (Å²) in [6, 6.07) is 0. The van der Waals surface area contributed by atoms with Crippen molar-refractivity contribution in [1.82, 2.24) is 0 Å². The van der Waals surface area contributed by atoms with E-state index in [1.807, 2.05) is 0 Å². The van der Waals surface area contributed by atoms with Crippen molar-refractivity contribution in [2.24, 2.45) is 5.92 Å². The fourth-order valence-electron chi connectivity index (χ4n) is 1.96. The van der Waals surface area contributed by atoms with Crippen molar-refractivity contribution >= 4 is 36.4 Å². The van der Waals surface area contributed by atoms with Gasteiger partial charge in [0.2, 0.25) is 0 Å². The highest BCUT2D eigenvalue weighted by Crippen LogP contribution is 2.30. The largest absolute Gasteiger partial charge is 0.299 e. The van der Waals surface area contributed by atoms with Crippen LogP contribution < -0.4 is 0 Å². The van der Waals surface area contributed by atoms with E-state index < -0.39 is 8.07 Å². The van der Waals surface area contributed by atoms with Gasteiger partial charge in [-0.05, 0) is 25.2 Å². The van der Waals surface area contributed by atoms with E-state index in [1.54, 1.807) is 0 Å². The van der Waals surface area contributed by atoms with Gasteiger partial charge in [-0.15, -0.1) is 11.5 Å². The zero-order chi connectivity index (χ0) is 12.2. The van der Waals surface area contributed by atoms with Gasteiger partial charge in [0.05, 0.1) is 3.92 Å². The number of carbonyl (C=O) groups excluding carboxylic acids is 1. The quantitative estimate of drug-likeness (QED) is 0.321. The first kappa shape index (κ1) is 14.2. The van der Waals surface area contributed by atoms with Crippen molar-refractivity contribution in [3.63, 3.8) is 0 Å².